The zero-order valence-electron chi connectivity index (χ0n) is 7.84. The fourth-order valence-electron chi connectivity index (χ4n) is 1.11. The van der Waals surface area contributed by atoms with Gasteiger partial charge in [0.1, 0.15) is 18.3 Å². The van der Waals surface area contributed by atoms with Crippen LogP contribution in [0.2, 0.25) is 0 Å². The molecule has 5 nitrogen and oxygen atoms in total. The highest BCUT2D eigenvalue weighted by Crippen LogP contribution is 2.28. The van der Waals surface area contributed by atoms with Gasteiger partial charge < -0.3 is 19.7 Å². The van der Waals surface area contributed by atoms with Gasteiger partial charge in [0, 0.05) is 0 Å². The van der Waals surface area contributed by atoms with Gasteiger partial charge in [-0.3, -0.25) is 0 Å². The molecular formula is C10H10O5. The smallest absolute Gasteiger partial charge is 0.342 e. The van der Waals surface area contributed by atoms with Crippen molar-refractivity contribution in [2.45, 2.75) is 6.10 Å². The summed E-state index contributed by atoms with van der Waals surface area (Å²) in [6.45, 7) is 0.771. The van der Waals surface area contributed by atoms with Gasteiger partial charge >= 0.3 is 5.97 Å². The minimum absolute atomic E-state index is 0.0200. The molecule has 1 saturated heterocycles. The van der Waals surface area contributed by atoms with Crippen LogP contribution < -0.4 is 0 Å². The number of para-hydroxylation sites is 1. The topological polar surface area (TPSA) is 79.3 Å². The highest BCUT2D eigenvalue weighted by molar-refractivity contribution is 5.93. The highest BCUT2D eigenvalue weighted by atomic mass is 16.6. The lowest BCUT2D eigenvalue weighted by molar-refractivity contribution is 0.0472. The van der Waals surface area contributed by atoms with Crippen LogP contribution in [-0.4, -0.2) is 35.5 Å². The van der Waals surface area contributed by atoms with E-state index in [0.717, 1.165) is 0 Å². The van der Waals surface area contributed by atoms with E-state index in [9.17, 15) is 9.90 Å². The predicted molar refractivity (Wildman–Crippen MR) is 49.8 cm³/mol. The molecule has 80 valence electrons. The van der Waals surface area contributed by atoms with E-state index in [4.69, 9.17) is 14.6 Å². The summed E-state index contributed by atoms with van der Waals surface area (Å²) in [5, 5.41) is 18.5. The molecule has 0 aliphatic carbocycles. The van der Waals surface area contributed by atoms with E-state index < -0.39 is 11.7 Å². The van der Waals surface area contributed by atoms with Crippen molar-refractivity contribution in [3.05, 3.63) is 23.8 Å². The van der Waals surface area contributed by atoms with E-state index in [1.807, 2.05) is 0 Å². The van der Waals surface area contributed by atoms with E-state index >= 15 is 0 Å². The number of epoxide rings is 1. The van der Waals surface area contributed by atoms with Crippen LogP contribution in [0.4, 0.5) is 0 Å². The predicted octanol–water partition coefficient (Wildman–Crippen LogP) is 0.653. The van der Waals surface area contributed by atoms with Crippen molar-refractivity contribution in [3.8, 4) is 11.5 Å². The van der Waals surface area contributed by atoms with Crippen molar-refractivity contribution in [2.24, 2.45) is 0 Å². The maximum atomic E-state index is 11.4. The molecule has 1 atom stereocenters. The molecule has 1 aliphatic rings. The summed E-state index contributed by atoms with van der Waals surface area (Å²) in [6, 6.07) is 4.13. The van der Waals surface area contributed by atoms with Crippen LogP contribution in [0.15, 0.2) is 18.2 Å². The second-order valence-electron chi connectivity index (χ2n) is 3.23. The van der Waals surface area contributed by atoms with Crippen molar-refractivity contribution in [1.82, 2.24) is 0 Å². The maximum Gasteiger partial charge on any atom is 0.342 e. The molecule has 0 amide bonds. The summed E-state index contributed by atoms with van der Waals surface area (Å²) < 4.78 is 9.71. The highest BCUT2D eigenvalue weighted by Gasteiger charge is 2.25. The van der Waals surface area contributed by atoms with Crippen molar-refractivity contribution >= 4 is 5.97 Å². The first-order valence-corrected chi connectivity index (χ1v) is 4.48. The summed E-state index contributed by atoms with van der Waals surface area (Å²) in [4.78, 5) is 11.4. The van der Waals surface area contributed by atoms with Crippen LogP contribution in [0.3, 0.4) is 0 Å². The molecule has 1 aromatic rings. The standard InChI is InChI=1S/C10H10O5/c11-8-3-1-2-7(9(8)12)10(13)15-5-6-4-14-6/h1-3,6,11-12H,4-5H2. The van der Waals surface area contributed by atoms with Gasteiger partial charge in [-0.1, -0.05) is 6.07 Å². The lowest BCUT2D eigenvalue weighted by Crippen LogP contribution is -2.10. The average Bonchev–Trinajstić information content (AvgIpc) is 3.02. The number of hydrogen-bond donors (Lipinski definition) is 2. The molecule has 0 saturated carbocycles. The van der Waals surface area contributed by atoms with E-state index in [2.05, 4.69) is 0 Å². The third-order valence-electron chi connectivity index (χ3n) is 2.04. The van der Waals surface area contributed by atoms with Crippen LogP contribution in [0.5, 0.6) is 11.5 Å². The van der Waals surface area contributed by atoms with Gasteiger partial charge in [0.25, 0.3) is 0 Å². The van der Waals surface area contributed by atoms with E-state index in [1.165, 1.54) is 18.2 Å². The van der Waals surface area contributed by atoms with Gasteiger partial charge in [0.2, 0.25) is 0 Å². The molecule has 1 aromatic carbocycles. The average molecular weight is 210 g/mol. The Kier molecular flexibility index (Phi) is 2.47. The molecule has 0 bridgehead atoms. The molecule has 5 heteroatoms. The van der Waals surface area contributed by atoms with Crippen molar-refractivity contribution < 1.29 is 24.5 Å². The molecule has 0 spiro atoms. The number of carbonyl (C=O) groups excluding carboxylic acids is 1. The Hall–Kier alpha value is -1.75. The van der Waals surface area contributed by atoms with Crippen LogP contribution in [0.25, 0.3) is 0 Å². The molecule has 2 rings (SSSR count). The summed E-state index contributed by atoms with van der Waals surface area (Å²) in [5.41, 5.74) is -0.0457. The normalized spacial score (nSPS) is 18.5. The first-order chi connectivity index (χ1) is 7.18. The summed E-state index contributed by atoms with van der Waals surface area (Å²) >= 11 is 0. The van der Waals surface area contributed by atoms with Crippen LogP contribution in [0.1, 0.15) is 10.4 Å². The molecule has 0 aromatic heterocycles. The van der Waals surface area contributed by atoms with Crippen molar-refractivity contribution in [1.29, 1.82) is 0 Å². The van der Waals surface area contributed by atoms with Crippen molar-refractivity contribution in [3.63, 3.8) is 0 Å². The number of carbonyl (C=O) groups is 1. The number of benzene rings is 1. The number of hydrogen-bond acceptors (Lipinski definition) is 5. The SMILES string of the molecule is O=C(OCC1CO1)c1cccc(O)c1O. The lowest BCUT2D eigenvalue weighted by Gasteiger charge is -2.05. The first kappa shape index (κ1) is 9.79. The van der Waals surface area contributed by atoms with Gasteiger partial charge in [-0.05, 0) is 12.1 Å². The van der Waals surface area contributed by atoms with Gasteiger partial charge in [0.15, 0.2) is 11.5 Å². The fraction of sp³-hybridized carbons (Fsp3) is 0.300. The Balaban J connectivity index is 2.06. The zero-order chi connectivity index (χ0) is 10.8. The first-order valence-electron chi connectivity index (χ1n) is 4.48. The minimum Gasteiger partial charge on any atom is -0.504 e. The van der Waals surface area contributed by atoms with Gasteiger partial charge in [0.05, 0.1) is 6.61 Å². The second-order valence-corrected chi connectivity index (χ2v) is 3.23. The summed E-state index contributed by atoms with van der Waals surface area (Å²) in [6.07, 6.45) is -0.0200. The Labute approximate surface area is 85.9 Å². The monoisotopic (exact) mass is 210 g/mol. The molecule has 2 N–H and O–H groups in total. The van der Waals surface area contributed by atoms with E-state index in [1.54, 1.807) is 0 Å². The Bertz CT molecular complexity index is 383. The number of rotatable bonds is 3. The molecular weight excluding hydrogens is 200 g/mol. The summed E-state index contributed by atoms with van der Waals surface area (Å²) in [5.74, 6) is -1.47. The number of esters is 1. The van der Waals surface area contributed by atoms with Crippen LogP contribution in [-0.2, 0) is 9.47 Å². The Morgan fingerprint density at radius 1 is 1.53 bits per heavy atom. The van der Waals surface area contributed by atoms with Gasteiger partial charge in [-0.15, -0.1) is 0 Å². The minimum atomic E-state index is -0.668. The zero-order valence-corrected chi connectivity index (χ0v) is 7.84. The van der Waals surface area contributed by atoms with Crippen LogP contribution >= 0.6 is 0 Å². The molecule has 1 aliphatic heterocycles. The fourth-order valence-corrected chi connectivity index (χ4v) is 1.11. The van der Waals surface area contributed by atoms with E-state index in [0.29, 0.717) is 6.61 Å². The lowest BCUT2D eigenvalue weighted by atomic mass is 10.2. The van der Waals surface area contributed by atoms with Gasteiger partial charge in [-0.25, -0.2) is 4.79 Å². The van der Waals surface area contributed by atoms with Crippen molar-refractivity contribution in [2.75, 3.05) is 13.2 Å². The van der Waals surface area contributed by atoms with Gasteiger partial charge in [-0.2, -0.15) is 0 Å². The maximum absolute atomic E-state index is 11.4. The Morgan fingerprint density at radius 3 is 2.93 bits per heavy atom. The van der Waals surface area contributed by atoms with E-state index in [-0.39, 0.29) is 24.0 Å². The number of phenols is 2. The summed E-state index contributed by atoms with van der Waals surface area (Å²) in [7, 11) is 0. The second kappa shape index (κ2) is 3.78. The number of aromatic hydroxyl groups is 2. The molecule has 0 radical (unpaired) electrons. The van der Waals surface area contributed by atoms with Crippen LogP contribution in [0, 0.1) is 0 Å². The number of phenolic OH excluding ortho intramolecular Hbond substituents is 2. The largest absolute Gasteiger partial charge is 0.504 e. The third-order valence-corrected chi connectivity index (χ3v) is 2.04. The Morgan fingerprint density at radius 2 is 2.27 bits per heavy atom. The third kappa shape index (κ3) is 2.19. The number of ether oxygens (including phenoxy) is 2. The molecule has 1 unspecified atom stereocenters. The molecule has 1 heterocycles. The quantitative estimate of drug-likeness (QED) is 0.435. The molecule has 1 fully saturated rings. The molecule has 15 heavy (non-hydrogen) atoms.